The first-order valence-electron chi connectivity index (χ1n) is 7.73. The predicted molar refractivity (Wildman–Crippen MR) is 87.4 cm³/mol. The Labute approximate surface area is 128 Å². The second kappa shape index (κ2) is 5.10. The fraction of sp³-hybridized carbons (Fsp3) is 0.600. The molecule has 0 aliphatic heterocycles. The number of nitrogens with one attached hydrogen (secondary N) is 2. The maximum atomic E-state index is 5.49. The number of fused-ring (bicyclic) bond motifs is 1. The highest BCUT2D eigenvalue weighted by molar-refractivity contribution is 7.18. The summed E-state index contributed by atoms with van der Waals surface area (Å²) in [6, 6.07) is 2.16. The van der Waals surface area contributed by atoms with Gasteiger partial charge in [-0.2, -0.15) is 4.98 Å². The lowest BCUT2D eigenvalue weighted by Gasteiger charge is -2.17. The second-order valence-corrected chi connectivity index (χ2v) is 7.57. The maximum Gasteiger partial charge on any atom is 0.240 e. The molecule has 2 aliphatic carbocycles. The highest BCUT2D eigenvalue weighted by Crippen LogP contribution is 2.49. The first-order chi connectivity index (χ1) is 10.2. The number of hydrazine groups is 1. The van der Waals surface area contributed by atoms with Gasteiger partial charge in [0, 0.05) is 11.4 Å². The molecule has 0 aromatic carbocycles. The zero-order valence-electron chi connectivity index (χ0n) is 12.2. The fourth-order valence-electron chi connectivity index (χ4n) is 3.22. The summed E-state index contributed by atoms with van der Waals surface area (Å²) in [5.74, 6) is 9.61. The smallest absolute Gasteiger partial charge is 0.240 e. The van der Waals surface area contributed by atoms with E-state index >= 15 is 0 Å². The predicted octanol–water partition coefficient (Wildman–Crippen LogP) is 3.13. The summed E-state index contributed by atoms with van der Waals surface area (Å²) < 4.78 is 0. The molecule has 0 bridgehead atoms. The lowest BCUT2D eigenvalue weighted by molar-refractivity contribution is 0.428. The first kappa shape index (κ1) is 13.3. The van der Waals surface area contributed by atoms with E-state index in [-0.39, 0.29) is 0 Å². The molecule has 0 unspecified atom stereocenters. The normalized spacial score (nSPS) is 18.4. The van der Waals surface area contributed by atoms with E-state index < -0.39 is 0 Å². The van der Waals surface area contributed by atoms with Crippen molar-refractivity contribution in [3.63, 3.8) is 0 Å². The Morgan fingerprint density at radius 2 is 2.00 bits per heavy atom. The van der Waals surface area contributed by atoms with E-state index in [4.69, 9.17) is 5.84 Å². The van der Waals surface area contributed by atoms with Crippen molar-refractivity contribution < 1.29 is 0 Å². The number of nitrogens with two attached hydrogens (primary N) is 1. The van der Waals surface area contributed by atoms with Gasteiger partial charge in [0.2, 0.25) is 5.95 Å². The Hall–Kier alpha value is -1.40. The Kier molecular flexibility index (Phi) is 3.23. The topological polar surface area (TPSA) is 75.9 Å². The van der Waals surface area contributed by atoms with Crippen molar-refractivity contribution >= 4 is 33.3 Å². The number of nitrogen functional groups attached to an aromatic ring is 1. The van der Waals surface area contributed by atoms with Crippen LogP contribution in [-0.4, -0.2) is 16.5 Å². The summed E-state index contributed by atoms with van der Waals surface area (Å²) in [5.41, 5.74) is 2.57. The van der Waals surface area contributed by atoms with Crippen LogP contribution in [-0.2, 0) is 0 Å². The zero-order chi connectivity index (χ0) is 14.4. The van der Waals surface area contributed by atoms with Crippen molar-refractivity contribution in [3.8, 4) is 0 Å². The quantitative estimate of drug-likeness (QED) is 0.564. The van der Waals surface area contributed by atoms with Crippen molar-refractivity contribution in [2.75, 3.05) is 17.3 Å². The highest BCUT2D eigenvalue weighted by atomic mass is 32.1. The molecule has 6 heteroatoms. The highest BCUT2D eigenvalue weighted by Gasteiger charge is 2.41. The Bertz CT molecular complexity index is 647. The van der Waals surface area contributed by atoms with E-state index in [0.717, 1.165) is 40.3 Å². The van der Waals surface area contributed by atoms with Crippen LogP contribution < -0.4 is 16.6 Å². The van der Waals surface area contributed by atoms with Crippen molar-refractivity contribution in [3.05, 3.63) is 10.9 Å². The molecule has 4 N–H and O–H groups in total. The molecule has 0 atom stereocenters. The number of hydrogen-bond donors (Lipinski definition) is 3. The second-order valence-electron chi connectivity index (χ2n) is 6.34. The molecule has 2 aromatic rings. The Balaban J connectivity index is 1.59. The molecule has 0 saturated heterocycles. The van der Waals surface area contributed by atoms with Gasteiger partial charge in [-0.3, -0.25) is 5.43 Å². The van der Waals surface area contributed by atoms with Gasteiger partial charge in [0.25, 0.3) is 0 Å². The molecule has 5 nitrogen and oxygen atoms in total. The maximum absolute atomic E-state index is 5.49. The number of aromatic nitrogens is 2. The monoisotopic (exact) mass is 303 g/mol. The third-order valence-corrected chi connectivity index (χ3v) is 5.55. The number of rotatable bonds is 6. The Morgan fingerprint density at radius 3 is 2.62 bits per heavy atom. The van der Waals surface area contributed by atoms with Gasteiger partial charge in [-0.15, -0.1) is 11.3 Å². The van der Waals surface area contributed by atoms with Gasteiger partial charge in [-0.25, -0.2) is 10.8 Å². The summed E-state index contributed by atoms with van der Waals surface area (Å²) in [4.78, 5) is 11.2. The fourth-order valence-corrected chi connectivity index (χ4v) is 4.10. The average molecular weight is 303 g/mol. The molecule has 0 radical (unpaired) electrons. The van der Waals surface area contributed by atoms with Crippen LogP contribution in [0.2, 0.25) is 0 Å². The molecule has 0 spiro atoms. The molecular formula is C15H21N5S. The van der Waals surface area contributed by atoms with Gasteiger partial charge in [-0.1, -0.05) is 0 Å². The van der Waals surface area contributed by atoms with Gasteiger partial charge < -0.3 is 5.32 Å². The number of hydrogen-bond acceptors (Lipinski definition) is 6. The van der Waals surface area contributed by atoms with Crippen LogP contribution in [0.25, 0.3) is 10.2 Å². The summed E-state index contributed by atoms with van der Waals surface area (Å²) in [7, 11) is 0. The van der Waals surface area contributed by atoms with Crippen LogP contribution in [0.3, 0.4) is 0 Å². The van der Waals surface area contributed by atoms with Crippen LogP contribution in [0.4, 0.5) is 11.8 Å². The molecule has 2 saturated carbocycles. The third-order valence-electron chi connectivity index (χ3n) is 4.61. The molecule has 2 aliphatic rings. The molecule has 0 amide bonds. The third kappa shape index (κ3) is 2.70. The van der Waals surface area contributed by atoms with Crippen molar-refractivity contribution in [2.24, 2.45) is 23.6 Å². The van der Waals surface area contributed by atoms with E-state index in [1.807, 2.05) is 0 Å². The van der Waals surface area contributed by atoms with Crippen molar-refractivity contribution in [2.45, 2.75) is 32.6 Å². The van der Waals surface area contributed by atoms with E-state index in [9.17, 15) is 0 Å². The van der Waals surface area contributed by atoms with E-state index in [1.165, 1.54) is 30.6 Å². The van der Waals surface area contributed by atoms with E-state index in [2.05, 4.69) is 33.7 Å². The number of anilines is 2. The number of nitrogens with zero attached hydrogens (tertiary/aromatic N) is 2. The minimum absolute atomic E-state index is 0.487. The Morgan fingerprint density at radius 1 is 1.29 bits per heavy atom. The van der Waals surface area contributed by atoms with Crippen LogP contribution in [0, 0.1) is 24.7 Å². The largest absolute Gasteiger partial charge is 0.369 e. The summed E-state index contributed by atoms with van der Waals surface area (Å²) in [6.07, 6.45) is 5.65. The summed E-state index contributed by atoms with van der Waals surface area (Å²) in [5, 5.41) is 4.69. The number of aryl methyl sites for hydroxylation is 1. The minimum atomic E-state index is 0.487. The van der Waals surface area contributed by atoms with E-state index in [1.54, 1.807) is 11.3 Å². The standard InChI is InChI=1S/C15H21N5S/c1-8-6-11-13(18-15(20-16)19-14(11)21-8)17-7-12(9-2-3-9)10-4-5-10/h6,9-10,12H,2-5,7,16H2,1H3,(H2,17,18,19,20). The molecular weight excluding hydrogens is 282 g/mol. The van der Waals surface area contributed by atoms with Gasteiger partial charge >= 0.3 is 0 Å². The van der Waals surface area contributed by atoms with Crippen LogP contribution in [0.1, 0.15) is 30.6 Å². The SMILES string of the molecule is Cc1cc2c(NCC(C3CC3)C3CC3)nc(NN)nc2s1. The lowest BCUT2D eigenvalue weighted by atomic mass is 9.98. The average Bonchev–Trinajstić information content (AvgIpc) is 3.37. The van der Waals surface area contributed by atoms with E-state index in [0.29, 0.717) is 5.95 Å². The zero-order valence-corrected chi connectivity index (χ0v) is 13.0. The molecule has 2 fully saturated rings. The van der Waals surface area contributed by atoms with Gasteiger partial charge in [0.1, 0.15) is 10.6 Å². The summed E-state index contributed by atoms with van der Waals surface area (Å²) >= 11 is 1.68. The molecule has 4 rings (SSSR count). The van der Waals surface area contributed by atoms with Gasteiger partial charge in [-0.05, 0) is 56.4 Å². The summed E-state index contributed by atoms with van der Waals surface area (Å²) in [6.45, 7) is 3.13. The molecule has 21 heavy (non-hydrogen) atoms. The first-order valence-corrected chi connectivity index (χ1v) is 8.55. The number of thiophene rings is 1. The molecule has 112 valence electrons. The minimum Gasteiger partial charge on any atom is -0.369 e. The van der Waals surface area contributed by atoms with Gasteiger partial charge in [0.05, 0.1) is 5.39 Å². The molecule has 2 heterocycles. The molecule has 2 aromatic heterocycles. The van der Waals surface area contributed by atoms with Gasteiger partial charge in [0.15, 0.2) is 0 Å². The van der Waals surface area contributed by atoms with Crippen LogP contribution in [0.5, 0.6) is 0 Å². The van der Waals surface area contributed by atoms with Crippen LogP contribution in [0.15, 0.2) is 6.07 Å². The van der Waals surface area contributed by atoms with Crippen molar-refractivity contribution in [1.29, 1.82) is 0 Å². The van der Waals surface area contributed by atoms with Crippen molar-refractivity contribution in [1.82, 2.24) is 9.97 Å². The lowest BCUT2D eigenvalue weighted by Crippen LogP contribution is -2.19. The van der Waals surface area contributed by atoms with Crippen LogP contribution >= 0.6 is 11.3 Å².